The number of benzene rings is 1. The number of fused-ring (bicyclic) bond motifs is 5. The molecule has 5 rings (SSSR count). The van der Waals surface area contributed by atoms with Gasteiger partial charge in [-0.05, 0) is 93.0 Å². The van der Waals surface area contributed by atoms with Crippen LogP contribution in [0.4, 0.5) is 0 Å². The van der Waals surface area contributed by atoms with E-state index in [9.17, 15) is 9.90 Å². The first-order valence-corrected chi connectivity index (χ1v) is 10.7. The molecule has 1 N–H and O–H groups in total. The molecule has 0 bridgehead atoms. The van der Waals surface area contributed by atoms with E-state index in [1.807, 2.05) is 0 Å². The Labute approximate surface area is 156 Å². The number of rotatable bonds is 2. The third-order valence-electron chi connectivity index (χ3n) is 8.23. The molecule has 0 radical (unpaired) electrons. The van der Waals surface area contributed by atoms with E-state index in [1.54, 1.807) is 0 Å². The summed E-state index contributed by atoms with van der Waals surface area (Å²) in [5, 5.41) is 10.6. The molecule has 3 fully saturated rings. The molecule has 1 saturated heterocycles. The van der Waals surface area contributed by atoms with Crippen molar-refractivity contribution >= 4 is 5.78 Å². The Balaban J connectivity index is 1.46. The van der Waals surface area contributed by atoms with Gasteiger partial charge in [-0.15, -0.1) is 0 Å². The first-order chi connectivity index (χ1) is 12.6. The van der Waals surface area contributed by atoms with E-state index in [0.29, 0.717) is 29.3 Å². The molecule has 1 aromatic rings. The van der Waals surface area contributed by atoms with Crippen LogP contribution in [0.2, 0.25) is 0 Å². The van der Waals surface area contributed by atoms with Crippen LogP contribution in [0.15, 0.2) is 12.1 Å². The molecule has 140 valence electrons. The second-order valence-electron chi connectivity index (χ2n) is 9.50. The molecular weight excluding hydrogens is 322 g/mol. The van der Waals surface area contributed by atoms with E-state index in [-0.39, 0.29) is 5.41 Å². The Hall–Kier alpha value is -1.35. The number of hydrogen-bond acceptors (Lipinski definition) is 3. The first-order valence-electron chi connectivity index (χ1n) is 10.7. The highest BCUT2D eigenvalue weighted by Gasteiger charge is 2.54. The Kier molecular flexibility index (Phi) is 3.93. The lowest BCUT2D eigenvalue weighted by Gasteiger charge is -2.48. The molecule has 1 heterocycles. The zero-order valence-corrected chi connectivity index (χ0v) is 16.0. The number of carbonyl (C=O) groups excluding carboxylic acids is 1. The summed E-state index contributed by atoms with van der Waals surface area (Å²) < 4.78 is 0. The lowest BCUT2D eigenvalue weighted by molar-refractivity contribution is -0.129. The maximum atomic E-state index is 12.5. The van der Waals surface area contributed by atoms with Gasteiger partial charge in [0.2, 0.25) is 0 Å². The van der Waals surface area contributed by atoms with E-state index in [1.165, 1.54) is 30.4 Å². The molecule has 3 aliphatic carbocycles. The summed E-state index contributed by atoms with van der Waals surface area (Å²) in [5.41, 5.74) is 3.92. The first kappa shape index (κ1) is 16.8. The zero-order valence-electron chi connectivity index (χ0n) is 16.0. The summed E-state index contributed by atoms with van der Waals surface area (Å²) in [6.07, 6.45) is 8.92. The third-order valence-corrected chi connectivity index (χ3v) is 8.23. The number of ketones is 1. The molecule has 3 nitrogen and oxygen atoms in total. The van der Waals surface area contributed by atoms with Crippen molar-refractivity contribution in [3.8, 4) is 5.75 Å². The molecular formula is C23H31NO2. The fourth-order valence-electron chi connectivity index (χ4n) is 6.73. The van der Waals surface area contributed by atoms with Gasteiger partial charge in [0.15, 0.2) is 0 Å². The summed E-state index contributed by atoms with van der Waals surface area (Å²) in [7, 11) is 0. The van der Waals surface area contributed by atoms with Crippen LogP contribution in [0.3, 0.4) is 0 Å². The number of aryl methyl sites for hydroxylation is 1. The number of carbonyl (C=O) groups is 1. The predicted molar refractivity (Wildman–Crippen MR) is 102 cm³/mol. The Morgan fingerprint density at radius 3 is 2.77 bits per heavy atom. The Morgan fingerprint density at radius 1 is 1.15 bits per heavy atom. The molecule has 0 aromatic heterocycles. The minimum absolute atomic E-state index is 0.0476. The van der Waals surface area contributed by atoms with Gasteiger partial charge in [0.1, 0.15) is 11.5 Å². The van der Waals surface area contributed by atoms with Crippen molar-refractivity contribution in [2.24, 2.45) is 17.3 Å². The van der Waals surface area contributed by atoms with Gasteiger partial charge in [0.25, 0.3) is 0 Å². The van der Waals surface area contributed by atoms with E-state index < -0.39 is 0 Å². The average molecular weight is 354 g/mol. The Morgan fingerprint density at radius 2 is 1.96 bits per heavy atom. The van der Waals surface area contributed by atoms with E-state index in [0.717, 1.165) is 57.3 Å². The lowest BCUT2D eigenvalue weighted by atomic mass is 9.55. The number of phenolic OH excluding ortho intramolecular Hbond substituents is 1. The van der Waals surface area contributed by atoms with Crippen molar-refractivity contribution < 1.29 is 9.90 Å². The van der Waals surface area contributed by atoms with Crippen molar-refractivity contribution in [2.45, 2.75) is 70.8 Å². The van der Waals surface area contributed by atoms with Gasteiger partial charge in [-0.25, -0.2) is 0 Å². The van der Waals surface area contributed by atoms with Crippen molar-refractivity contribution in [3.05, 3.63) is 28.8 Å². The van der Waals surface area contributed by atoms with E-state index in [2.05, 4.69) is 24.0 Å². The minimum atomic E-state index is -0.0476. The van der Waals surface area contributed by atoms with Gasteiger partial charge >= 0.3 is 0 Å². The van der Waals surface area contributed by atoms with E-state index >= 15 is 0 Å². The maximum Gasteiger partial charge on any atom is 0.139 e. The van der Waals surface area contributed by atoms with Crippen LogP contribution < -0.4 is 0 Å². The molecule has 1 aliphatic heterocycles. The molecule has 2 saturated carbocycles. The van der Waals surface area contributed by atoms with Crippen molar-refractivity contribution in [1.82, 2.24) is 4.90 Å². The fraction of sp³-hybridized carbons (Fsp3) is 0.696. The second-order valence-corrected chi connectivity index (χ2v) is 9.50. The normalized spacial score (nSPS) is 36.7. The minimum Gasteiger partial charge on any atom is -0.508 e. The van der Waals surface area contributed by atoms with Crippen LogP contribution in [-0.4, -0.2) is 28.9 Å². The SMILES string of the molecule is C[C@]12CC[C@@H]3c4cc(CN5CCCC5)c(O)cc4CC[C@H]3[C@@H]1CCC2=O. The fourth-order valence-corrected chi connectivity index (χ4v) is 6.73. The zero-order chi connectivity index (χ0) is 17.9. The summed E-state index contributed by atoms with van der Waals surface area (Å²) in [5.74, 6) is 2.85. The van der Waals surface area contributed by atoms with Crippen LogP contribution in [-0.2, 0) is 17.8 Å². The highest BCUT2D eigenvalue weighted by Crippen LogP contribution is 2.59. The van der Waals surface area contributed by atoms with Crippen molar-refractivity contribution in [1.29, 1.82) is 0 Å². The van der Waals surface area contributed by atoms with Crippen molar-refractivity contribution in [3.63, 3.8) is 0 Å². The molecule has 0 unspecified atom stereocenters. The van der Waals surface area contributed by atoms with Crippen LogP contribution in [0.1, 0.15) is 74.5 Å². The number of likely N-dealkylation sites (tertiary alicyclic amines) is 1. The molecule has 0 spiro atoms. The lowest BCUT2D eigenvalue weighted by Crippen LogP contribution is -2.42. The summed E-state index contributed by atoms with van der Waals surface area (Å²) >= 11 is 0. The number of aromatic hydroxyl groups is 1. The van der Waals surface area contributed by atoms with Gasteiger partial charge in [0, 0.05) is 23.9 Å². The van der Waals surface area contributed by atoms with Gasteiger partial charge in [-0.3, -0.25) is 9.69 Å². The highest BCUT2D eigenvalue weighted by molar-refractivity contribution is 5.87. The van der Waals surface area contributed by atoms with E-state index in [4.69, 9.17) is 0 Å². The third kappa shape index (κ3) is 2.46. The molecule has 1 aromatic carbocycles. The Bertz CT molecular complexity index is 736. The monoisotopic (exact) mass is 353 g/mol. The van der Waals surface area contributed by atoms with Crippen LogP contribution >= 0.6 is 0 Å². The molecule has 3 heteroatoms. The van der Waals surface area contributed by atoms with Crippen LogP contribution in [0.5, 0.6) is 5.75 Å². The molecule has 0 amide bonds. The average Bonchev–Trinajstić information content (AvgIpc) is 3.24. The van der Waals surface area contributed by atoms with Crippen LogP contribution in [0, 0.1) is 17.3 Å². The highest BCUT2D eigenvalue weighted by atomic mass is 16.3. The predicted octanol–water partition coefficient (Wildman–Crippen LogP) is 4.41. The molecule has 4 aliphatic rings. The summed E-state index contributed by atoms with van der Waals surface area (Å²) in [4.78, 5) is 15.0. The van der Waals surface area contributed by atoms with Crippen molar-refractivity contribution in [2.75, 3.05) is 13.1 Å². The smallest absolute Gasteiger partial charge is 0.139 e. The number of nitrogens with zero attached hydrogens (tertiary/aromatic N) is 1. The molecule has 26 heavy (non-hydrogen) atoms. The summed E-state index contributed by atoms with van der Waals surface area (Å²) in [6.45, 7) is 5.45. The number of phenols is 1. The van der Waals surface area contributed by atoms with Gasteiger partial charge in [0.05, 0.1) is 0 Å². The number of Topliss-reactive ketones (excluding diaryl/α,β-unsaturated/α-hetero) is 1. The maximum absolute atomic E-state index is 12.5. The quantitative estimate of drug-likeness (QED) is 0.856. The largest absolute Gasteiger partial charge is 0.508 e. The van der Waals surface area contributed by atoms with Crippen LogP contribution in [0.25, 0.3) is 0 Å². The number of hydrogen-bond donors (Lipinski definition) is 1. The standard InChI is InChI=1S/C23H31NO2/c1-23-9-8-17-18(20(23)6-7-22(23)26)5-4-15-13-21(25)16(12-19(15)17)14-24-10-2-3-11-24/h12-13,17-18,20,25H,2-11,14H2,1H3/t17-,18+,20-,23-/m0/s1. The second kappa shape index (κ2) is 6.09. The van der Waals surface area contributed by atoms with Gasteiger partial charge in [-0.1, -0.05) is 13.0 Å². The molecule has 4 atom stereocenters. The van der Waals surface area contributed by atoms with Gasteiger partial charge < -0.3 is 5.11 Å². The van der Waals surface area contributed by atoms with Gasteiger partial charge in [-0.2, -0.15) is 0 Å². The summed E-state index contributed by atoms with van der Waals surface area (Å²) in [6, 6.07) is 4.39. The topological polar surface area (TPSA) is 40.5 Å².